The fourth-order valence-corrected chi connectivity index (χ4v) is 1.31. The van der Waals surface area contributed by atoms with Crippen molar-refractivity contribution in [3.05, 3.63) is 42.5 Å². The van der Waals surface area contributed by atoms with Gasteiger partial charge in [-0.3, -0.25) is 0 Å². The lowest BCUT2D eigenvalue weighted by Crippen LogP contribution is -2.34. The maximum Gasteiger partial charge on any atom is 0.166 e. The highest BCUT2D eigenvalue weighted by Gasteiger charge is 1.96. The third-order valence-electron chi connectivity index (χ3n) is 2.02. The lowest BCUT2D eigenvalue weighted by atomic mass is 10.2. The van der Waals surface area contributed by atoms with Crippen LogP contribution in [-0.4, -0.2) is 18.8 Å². The molecule has 16 heavy (non-hydrogen) atoms. The van der Waals surface area contributed by atoms with E-state index in [9.17, 15) is 0 Å². The average molecular weight is 236 g/mol. The summed E-state index contributed by atoms with van der Waals surface area (Å²) in [5, 5.41) is 6.74. The Morgan fingerprint density at radius 3 is 2.62 bits per heavy atom. The molecule has 0 aliphatic carbocycles. The van der Waals surface area contributed by atoms with Crippen LogP contribution >= 0.6 is 12.2 Å². The summed E-state index contributed by atoms with van der Waals surface area (Å²) in [6.07, 6.45) is 1.77. The summed E-state index contributed by atoms with van der Waals surface area (Å²) >= 11 is 5.07. The Labute approximate surface area is 102 Å². The number of ether oxygens (including phenoxy) is 1. The van der Waals surface area contributed by atoms with E-state index in [-0.39, 0.29) is 0 Å². The van der Waals surface area contributed by atoms with E-state index in [0.717, 1.165) is 11.3 Å². The van der Waals surface area contributed by atoms with Gasteiger partial charge in [0.25, 0.3) is 0 Å². The van der Waals surface area contributed by atoms with Gasteiger partial charge in [-0.2, -0.15) is 0 Å². The molecule has 0 fully saturated rings. The summed E-state index contributed by atoms with van der Waals surface area (Å²) in [5.74, 6) is 0.858. The van der Waals surface area contributed by atoms with Crippen LogP contribution in [0.4, 0.5) is 0 Å². The Bertz CT molecular complexity index is 349. The van der Waals surface area contributed by atoms with Crippen molar-refractivity contribution in [2.45, 2.75) is 6.54 Å². The van der Waals surface area contributed by atoms with Gasteiger partial charge in [-0.1, -0.05) is 18.2 Å². The molecule has 0 unspecified atom stereocenters. The fourth-order valence-electron chi connectivity index (χ4n) is 1.15. The summed E-state index contributed by atoms with van der Waals surface area (Å²) in [6, 6.07) is 7.86. The summed E-state index contributed by atoms with van der Waals surface area (Å²) in [7, 11) is 1.65. The second-order valence-corrected chi connectivity index (χ2v) is 3.61. The van der Waals surface area contributed by atoms with Crippen molar-refractivity contribution in [2.75, 3.05) is 13.7 Å². The van der Waals surface area contributed by atoms with Gasteiger partial charge in [0.2, 0.25) is 0 Å². The van der Waals surface area contributed by atoms with Crippen molar-refractivity contribution in [1.29, 1.82) is 0 Å². The number of rotatable bonds is 5. The molecule has 0 aliphatic rings. The molecule has 0 atom stereocenters. The number of methoxy groups -OCH3 is 1. The van der Waals surface area contributed by atoms with Crippen LogP contribution < -0.4 is 15.4 Å². The van der Waals surface area contributed by atoms with Crippen LogP contribution in [0.15, 0.2) is 36.9 Å². The van der Waals surface area contributed by atoms with Crippen LogP contribution in [-0.2, 0) is 6.54 Å². The first-order valence-electron chi connectivity index (χ1n) is 5.02. The Morgan fingerprint density at radius 1 is 1.38 bits per heavy atom. The molecule has 0 heterocycles. The number of thiocarbonyl (C=S) groups is 1. The minimum atomic E-state index is 0.635. The smallest absolute Gasteiger partial charge is 0.166 e. The Kier molecular flexibility index (Phi) is 5.36. The van der Waals surface area contributed by atoms with E-state index in [1.807, 2.05) is 24.3 Å². The van der Waals surface area contributed by atoms with Crippen LogP contribution in [0.5, 0.6) is 5.75 Å². The topological polar surface area (TPSA) is 33.3 Å². The fraction of sp³-hybridized carbons (Fsp3) is 0.250. The van der Waals surface area contributed by atoms with Gasteiger partial charge in [-0.05, 0) is 29.9 Å². The molecule has 2 N–H and O–H groups in total. The standard InChI is InChI=1S/C12H16N2OS/c1-3-8-13-12(16)14-9-10-4-6-11(15-2)7-5-10/h3-7H,1,8-9H2,2H3,(H2,13,14,16). The van der Waals surface area contributed by atoms with Crippen LogP contribution in [0, 0.1) is 0 Å². The molecular weight excluding hydrogens is 220 g/mol. The van der Waals surface area contributed by atoms with Crippen LogP contribution in [0.3, 0.4) is 0 Å². The highest BCUT2D eigenvalue weighted by molar-refractivity contribution is 7.80. The molecule has 1 rings (SSSR count). The lowest BCUT2D eigenvalue weighted by Gasteiger charge is -2.09. The molecule has 1 aromatic rings. The predicted octanol–water partition coefficient (Wildman–Crippen LogP) is 1.85. The van der Waals surface area contributed by atoms with Crippen molar-refractivity contribution in [1.82, 2.24) is 10.6 Å². The van der Waals surface area contributed by atoms with E-state index in [1.165, 1.54) is 0 Å². The van der Waals surface area contributed by atoms with Crippen molar-refractivity contribution >= 4 is 17.3 Å². The second-order valence-electron chi connectivity index (χ2n) is 3.20. The average Bonchev–Trinajstić information content (AvgIpc) is 2.34. The maximum atomic E-state index is 5.08. The van der Waals surface area contributed by atoms with Gasteiger partial charge in [0.1, 0.15) is 5.75 Å². The Balaban J connectivity index is 2.36. The monoisotopic (exact) mass is 236 g/mol. The summed E-state index contributed by atoms with van der Waals surface area (Å²) < 4.78 is 5.08. The molecule has 1 aromatic carbocycles. The quantitative estimate of drug-likeness (QED) is 0.604. The Morgan fingerprint density at radius 2 is 2.06 bits per heavy atom. The molecule has 0 saturated heterocycles. The molecule has 4 heteroatoms. The zero-order chi connectivity index (χ0) is 11.8. The van der Waals surface area contributed by atoms with Gasteiger partial charge in [-0.25, -0.2) is 0 Å². The predicted molar refractivity (Wildman–Crippen MR) is 70.6 cm³/mol. The molecule has 0 spiro atoms. The van der Waals surface area contributed by atoms with Crippen molar-refractivity contribution in [2.24, 2.45) is 0 Å². The highest BCUT2D eigenvalue weighted by Crippen LogP contribution is 2.10. The third-order valence-corrected chi connectivity index (χ3v) is 2.31. The van der Waals surface area contributed by atoms with Crippen LogP contribution in [0.25, 0.3) is 0 Å². The van der Waals surface area contributed by atoms with Gasteiger partial charge in [0.05, 0.1) is 7.11 Å². The van der Waals surface area contributed by atoms with E-state index >= 15 is 0 Å². The van der Waals surface area contributed by atoms with E-state index in [4.69, 9.17) is 17.0 Å². The summed E-state index contributed by atoms with van der Waals surface area (Å²) in [4.78, 5) is 0. The summed E-state index contributed by atoms with van der Waals surface area (Å²) in [6.45, 7) is 4.98. The van der Waals surface area contributed by atoms with Crippen molar-refractivity contribution in [3.63, 3.8) is 0 Å². The van der Waals surface area contributed by atoms with Crippen LogP contribution in [0.1, 0.15) is 5.56 Å². The molecule has 0 aliphatic heterocycles. The Hall–Kier alpha value is -1.55. The minimum Gasteiger partial charge on any atom is -0.497 e. The van der Waals surface area contributed by atoms with Gasteiger partial charge < -0.3 is 15.4 Å². The molecule has 0 radical (unpaired) electrons. The zero-order valence-corrected chi connectivity index (χ0v) is 10.1. The van der Waals surface area contributed by atoms with Crippen molar-refractivity contribution in [3.8, 4) is 5.75 Å². The number of nitrogens with one attached hydrogen (secondary N) is 2. The van der Waals surface area contributed by atoms with E-state index in [0.29, 0.717) is 18.2 Å². The van der Waals surface area contributed by atoms with E-state index in [1.54, 1.807) is 13.2 Å². The SMILES string of the molecule is C=CCNC(=S)NCc1ccc(OC)cc1. The first kappa shape index (κ1) is 12.5. The molecule has 0 bridgehead atoms. The molecule has 0 amide bonds. The van der Waals surface area contributed by atoms with Crippen LogP contribution in [0.2, 0.25) is 0 Å². The molecule has 86 valence electrons. The second kappa shape index (κ2) is 6.85. The van der Waals surface area contributed by atoms with Crippen molar-refractivity contribution < 1.29 is 4.74 Å². The van der Waals surface area contributed by atoms with E-state index < -0.39 is 0 Å². The molecular formula is C12H16N2OS. The number of hydrogen-bond acceptors (Lipinski definition) is 2. The number of hydrogen-bond donors (Lipinski definition) is 2. The minimum absolute atomic E-state index is 0.635. The first-order valence-corrected chi connectivity index (χ1v) is 5.42. The highest BCUT2D eigenvalue weighted by atomic mass is 32.1. The molecule has 3 nitrogen and oxygen atoms in total. The largest absolute Gasteiger partial charge is 0.497 e. The van der Waals surface area contributed by atoms with Gasteiger partial charge in [0, 0.05) is 13.1 Å². The maximum absolute atomic E-state index is 5.08. The zero-order valence-electron chi connectivity index (χ0n) is 9.32. The molecule has 0 aromatic heterocycles. The molecule has 0 saturated carbocycles. The summed E-state index contributed by atoms with van der Waals surface area (Å²) in [5.41, 5.74) is 1.16. The van der Waals surface area contributed by atoms with Gasteiger partial charge >= 0.3 is 0 Å². The van der Waals surface area contributed by atoms with E-state index in [2.05, 4.69) is 17.2 Å². The number of benzene rings is 1. The normalized spacial score (nSPS) is 9.31. The van der Waals surface area contributed by atoms with Gasteiger partial charge in [-0.15, -0.1) is 6.58 Å². The third kappa shape index (κ3) is 4.31. The lowest BCUT2D eigenvalue weighted by molar-refractivity contribution is 0.414. The first-order chi connectivity index (χ1) is 7.76. The van der Waals surface area contributed by atoms with Gasteiger partial charge in [0.15, 0.2) is 5.11 Å².